The minimum Gasteiger partial charge on any atom is -0.480 e. The lowest BCUT2D eigenvalue weighted by Crippen LogP contribution is -2.32. The van der Waals surface area contributed by atoms with Gasteiger partial charge in [0.25, 0.3) is 0 Å². The predicted octanol–water partition coefficient (Wildman–Crippen LogP) is 1.56. The highest BCUT2D eigenvalue weighted by molar-refractivity contribution is 5.90. The topological polar surface area (TPSA) is 69.6 Å². The van der Waals surface area contributed by atoms with Crippen molar-refractivity contribution in [1.29, 1.82) is 0 Å². The molecule has 0 aliphatic rings. The monoisotopic (exact) mass is 268 g/mol. The molecule has 0 aliphatic heterocycles. The van der Waals surface area contributed by atoms with Gasteiger partial charge in [-0.05, 0) is 18.7 Å². The van der Waals surface area contributed by atoms with E-state index in [1.807, 2.05) is 6.92 Å². The first kappa shape index (κ1) is 15.1. The van der Waals surface area contributed by atoms with Gasteiger partial charge in [0.1, 0.15) is 5.82 Å². The van der Waals surface area contributed by atoms with Gasteiger partial charge < -0.3 is 10.4 Å². The molecule has 0 aliphatic carbocycles. The van der Waals surface area contributed by atoms with Crippen LogP contribution in [0.25, 0.3) is 0 Å². The average molecular weight is 268 g/mol. The molecule has 6 heteroatoms. The van der Waals surface area contributed by atoms with Crippen LogP contribution in [0.15, 0.2) is 24.3 Å². The van der Waals surface area contributed by atoms with Crippen molar-refractivity contribution in [2.24, 2.45) is 0 Å². The summed E-state index contributed by atoms with van der Waals surface area (Å²) in [6.45, 7) is 2.57. The molecule has 1 aromatic rings. The van der Waals surface area contributed by atoms with Gasteiger partial charge in [-0.3, -0.25) is 14.5 Å². The van der Waals surface area contributed by atoms with Gasteiger partial charge in [-0.2, -0.15) is 0 Å². The Kier molecular flexibility index (Phi) is 5.95. The molecule has 0 saturated carbocycles. The Morgan fingerprint density at radius 1 is 1.37 bits per heavy atom. The van der Waals surface area contributed by atoms with Crippen LogP contribution in [0.2, 0.25) is 0 Å². The third-order valence-corrected chi connectivity index (χ3v) is 2.61. The number of halogens is 1. The van der Waals surface area contributed by atoms with Crippen LogP contribution in [0.5, 0.6) is 0 Å². The Labute approximate surface area is 111 Å². The van der Waals surface area contributed by atoms with E-state index in [0.29, 0.717) is 13.1 Å². The van der Waals surface area contributed by atoms with Crippen molar-refractivity contribution in [3.8, 4) is 0 Å². The van der Waals surface area contributed by atoms with Gasteiger partial charge >= 0.3 is 5.97 Å². The Balaban J connectivity index is 2.43. The van der Waals surface area contributed by atoms with Gasteiger partial charge in [0.2, 0.25) is 5.91 Å². The first-order chi connectivity index (χ1) is 9.02. The van der Waals surface area contributed by atoms with Crippen molar-refractivity contribution in [3.63, 3.8) is 0 Å². The fourth-order valence-corrected chi connectivity index (χ4v) is 1.58. The number of amides is 1. The van der Waals surface area contributed by atoms with E-state index in [1.54, 1.807) is 11.0 Å². The Morgan fingerprint density at radius 2 is 2.05 bits per heavy atom. The van der Waals surface area contributed by atoms with Crippen LogP contribution < -0.4 is 5.32 Å². The molecule has 0 radical (unpaired) electrons. The number of carbonyl (C=O) groups excluding carboxylic acids is 1. The first-order valence-corrected chi connectivity index (χ1v) is 6.01. The zero-order chi connectivity index (χ0) is 14.3. The maximum absolute atomic E-state index is 13.3. The zero-order valence-corrected chi connectivity index (χ0v) is 10.7. The van der Waals surface area contributed by atoms with Gasteiger partial charge in [-0.1, -0.05) is 19.1 Å². The van der Waals surface area contributed by atoms with E-state index in [4.69, 9.17) is 5.11 Å². The maximum atomic E-state index is 13.3. The third-order valence-electron chi connectivity index (χ3n) is 2.61. The summed E-state index contributed by atoms with van der Waals surface area (Å²) in [5.74, 6) is -1.76. The van der Waals surface area contributed by atoms with Gasteiger partial charge in [0.05, 0.1) is 12.2 Å². The number of carboxylic acids is 1. The number of nitrogens with one attached hydrogen (secondary N) is 1. The molecule has 0 bridgehead atoms. The molecule has 0 spiro atoms. The largest absolute Gasteiger partial charge is 0.480 e. The van der Waals surface area contributed by atoms with Crippen LogP contribution >= 0.6 is 0 Å². The summed E-state index contributed by atoms with van der Waals surface area (Å²) in [6.07, 6.45) is 0.120. The molecule has 5 nitrogen and oxygen atoms in total. The third kappa shape index (κ3) is 5.48. The Hall–Kier alpha value is -1.95. The Morgan fingerprint density at radius 3 is 2.63 bits per heavy atom. The molecule has 0 fully saturated rings. The lowest BCUT2D eigenvalue weighted by Gasteiger charge is -2.17. The molecule has 0 aromatic heterocycles. The lowest BCUT2D eigenvalue weighted by atomic mass is 10.3. The number of benzene rings is 1. The van der Waals surface area contributed by atoms with E-state index in [0.717, 1.165) is 0 Å². The van der Waals surface area contributed by atoms with Crippen LogP contribution in [-0.2, 0) is 9.59 Å². The summed E-state index contributed by atoms with van der Waals surface area (Å²) in [7, 11) is 0. The van der Waals surface area contributed by atoms with Crippen molar-refractivity contribution >= 4 is 17.6 Å². The summed E-state index contributed by atoms with van der Waals surface area (Å²) < 4.78 is 13.3. The summed E-state index contributed by atoms with van der Waals surface area (Å²) in [5.41, 5.74) is 0.133. The van der Waals surface area contributed by atoms with Crippen LogP contribution in [0.1, 0.15) is 13.3 Å². The number of likely N-dealkylation sites (N-methyl/N-ethyl adjacent to an activating group) is 1. The number of carbonyl (C=O) groups is 2. The molecule has 1 rings (SSSR count). The van der Waals surface area contributed by atoms with Crippen molar-refractivity contribution in [2.45, 2.75) is 13.3 Å². The van der Waals surface area contributed by atoms with E-state index < -0.39 is 11.8 Å². The van der Waals surface area contributed by atoms with Gasteiger partial charge in [-0.15, -0.1) is 0 Å². The number of para-hydroxylation sites is 1. The summed E-state index contributed by atoms with van der Waals surface area (Å²) >= 11 is 0. The zero-order valence-electron chi connectivity index (χ0n) is 10.7. The highest BCUT2D eigenvalue weighted by atomic mass is 19.1. The standard InChI is InChI=1S/C13H17FN2O3/c1-2-16(9-13(18)19)8-7-12(17)15-11-6-4-3-5-10(11)14/h3-6H,2,7-9H2,1H3,(H,15,17)(H,18,19). The van der Waals surface area contributed by atoms with Gasteiger partial charge in [0, 0.05) is 13.0 Å². The highest BCUT2D eigenvalue weighted by Gasteiger charge is 2.11. The highest BCUT2D eigenvalue weighted by Crippen LogP contribution is 2.12. The SMILES string of the molecule is CCN(CCC(=O)Nc1ccccc1F)CC(=O)O. The minimum atomic E-state index is -0.934. The quantitative estimate of drug-likeness (QED) is 0.787. The molecule has 0 atom stereocenters. The minimum absolute atomic E-state index is 0.108. The van der Waals surface area contributed by atoms with E-state index >= 15 is 0 Å². The van der Waals surface area contributed by atoms with Crippen molar-refractivity contribution in [1.82, 2.24) is 4.90 Å². The van der Waals surface area contributed by atoms with E-state index in [2.05, 4.69) is 5.32 Å². The summed E-state index contributed by atoms with van der Waals surface area (Å²) in [6, 6.07) is 5.90. The molecule has 104 valence electrons. The van der Waals surface area contributed by atoms with Crippen molar-refractivity contribution < 1.29 is 19.1 Å². The number of anilines is 1. The lowest BCUT2D eigenvalue weighted by molar-refractivity contribution is -0.138. The van der Waals surface area contributed by atoms with Crippen LogP contribution in [0.4, 0.5) is 10.1 Å². The molecule has 19 heavy (non-hydrogen) atoms. The van der Waals surface area contributed by atoms with Crippen molar-refractivity contribution in [2.75, 3.05) is 25.0 Å². The smallest absolute Gasteiger partial charge is 0.317 e. The molecule has 0 unspecified atom stereocenters. The number of rotatable bonds is 7. The normalized spacial score (nSPS) is 10.5. The number of nitrogens with zero attached hydrogens (tertiary/aromatic N) is 1. The maximum Gasteiger partial charge on any atom is 0.317 e. The van der Waals surface area contributed by atoms with Crippen molar-refractivity contribution in [3.05, 3.63) is 30.1 Å². The fraction of sp³-hybridized carbons (Fsp3) is 0.385. The molecular formula is C13H17FN2O3. The predicted molar refractivity (Wildman–Crippen MR) is 69.4 cm³/mol. The molecule has 0 heterocycles. The number of hydrogen-bond donors (Lipinski definition) is 2. The number of aliphatic carboxylic acids is 1. The van der Waals surface area contributed by atoms with E-state index in [9.17, 15) is 14.0 Å². The Bertz CT molecular complexity index is 451. The number of hydrogen-bond acceptors (Lipinski definition) is 3. The second-order valence-electron chi connectivity index (χ2n) is 4.04. The second-order valence-corrected chi connectivity index (χ2v) is 4.04. The average Bonchev–Trinajstić information content (AvgIpc) is 2.37. The summed E-state index contributed by atoms with van der Waals surface area (Å²) in [5, 5.41) is 11.1. The van der Waals surface area contributed by atoms with Gasteiger partial charge in [-0.25, -0.2) is 4.39 Å². The molecule has 1 amide bonds. The summed E-state index contributed by atoms with van der Waals surface area (Å²) in [4.78, 5) is 23.8. The molecule has 1 aromatic carbocycles. The van der Waals surface area contributed by atoms with E-state index in [-0.39, 0.29) is 24.6 Å². The van der Waals surface area contributed by atoms with E-state index in [1.165, 1.54) is 18.2 Å². The van der Waals surface area contributed by atoms with Crippen LogP contribution in [0, 0.1) is 5.82 Å². The van der Waals surface area contributed by atoms with Crippen LogP contribution in [0.3, 0.4) is 0 Å². The fourth-order valence-electron chi connectivity index (χ4n) is 1.58. The van der Waals surface area contributed by atoms with Gasteiger partial charge in [0.15, 0.2) is 0 Å². The number of carboxylic acid groups (broad SMARTS) is 1. The molecule has 2 N–H and O–H groups in total. The molecule has 0 saturated heterocycles. The first-order valence-electron chi connectivity index (χ1n) is 6.01. The molecular weight excluding hydrogens is 251 g/mol. The second kappa shape index (κ2) is 7.48. The van der Waals surface area contributed by atoms with Crippen LogP contribution in [-0.4, -0.2) is 41.5 Å².